The Bertz CT molecular complexity index is 679. The molecule has 1 aromatic carbocycles. The largest absolute Gasteiger partial charge is 0.454 e. The molecule has 2 amide bonds. The molecule has 0 aromatic heterocycles. The molecule has 0 bridgehead atoms. The van der Waals surface area contributed by atoms with Crippen LogP contribution in [0.2, 0.25) is 0 Å². The summed E-state index contributed by atoms with van der Waals surface area (Å²) in [5.41, 5.74) is 1.31. The number of hydrogen-bond donors (Lipinski definition) is 2. The number of ether oxygens (including phenoxy) is 1. The number of amides is 2. The average Bonchev–Trinajstić information content (AvgIpc) is 2.56. The van der Waals surface area contributed by atoms with E-state index in [-0.39, 0.29) is 5.41 Å². The molecule has 1 rings (SSSR count). The Balaban J connectivity index is 2.50. The van der Waals surface area contributed by atoms with Crippen LogP contribution in [0.15, 0.2) is 24.3 Å². The minimum absolute atomic E-state index is 0.0706. The van der Waals surface area contributed by atoms with Gasteiger partial charge in [-0.05, 0) is 30.0 Å². The van der Waals surface area contributed by atoms with E-state index in [1.807, 2.05) is 32.9 Å². The van der Waals surface area contributed by atoms with Crippen molar-refractivity contribution in [3.63, 3.8) is 0 Å². The number of halogens is 3. The van der Waals surface area contributed by atoms with E-state index in [4.69, 9.17) is 0 Å². The van der Waals surface area contributed by atoms with E-state index in [2.05, 4.69) is 10.1 Å². The van der Waals surface area contributed by atoms with Crippen LogP contribution in [0, 0.1) is 0 Å². The number of hydrogen-bond acceptors (Lipinski definition) is 4. The molecule has 0 unspecified atom stereocenters. The van der Waals surface area contributed by atoms with Crippen molar-refractivity contribution < 1.29 is 32.3 Å². The van der Waals surface area contributed by atoms with Gasteiger partial charge in [0.15, 0.2) is 6.61 Å². The van der Waals surface area contributed by atoms with Crippen molar-refractivity contribution in [1.29, 1.82) is 0 Å². The first-order valence-corrected chi connectivity index (χ1v) is 8.21. The van der Waals surface area contributed by atoms with Gasteiger partial charge >= 0.3 is 12.1 Å². The third-order valence-electron chi connectivity index (χ3n) is 3.55. The zero-order chi connectivity index (χ0) is 20.8. The van der Waals surface area contributed by atoms with E-state index in [0.29, 0.717) is 5.56 Å². The van der Waals surface area contributed by atoms with E-state index in [9.17, 15) is 27.6 Å². The molecule has 0 aliphatic carbocycles. The molecule has 0 radical (unpaired) electrons. The lowest BCUT2D eigenvalue weighted by molar-refractivity contribution is -0.152. The molecular formula is C18H23F3N2O4. The summed E-state index contributed by atoms with van der Waals surface area (Å²) in [6.45, 7) is 5.06. The van der Waals surface area contributed by atoms with Gasteiger partial charge in [-0.1, -0.05) is 32.9 Å². The fraction of sp³-hybridized carbons (Fsp3) is 0.500. The number of benzene rings is 1. The molecule has 6 nitrogen and oxygen atoms in total. The molecule has 27 heavy (non-hydrogen) atoms. The van der Waals surface area contributed by atoms with Crippen LogP contribution in [0.25, 0.3) is 0 Å². The number of rotatable bonds is 6. The lowest BCUT2D eigenvalue weighted by Crippen LogP contribution is -2.41. The Hall–Kier alpha value is -2.58. The maximum atomic E-state index is 12.1. The van der Waals surface area contributed by atoms with Crippen LogP contribution in [0.4, 0.5) is 13.2 Å². The van der Waals surface area contributed by atoms with E-state index in [0.717, 1.165) is 5.56 Å². The molecule has 0 saturated carbocycles. The van der Waals surface area contributed by atoms with Crippen molar-refractivity contribution in [2.24, 2.45) is 0 Å². The molecule has 2 N–H and O–H groups in total. The minimum Gasteiger partial charge on any atom is -0.454 e. The highest BCUT2D eigenvalue weighted by atomic mass is 19.4. The second kappa shape index (κ2) is 8.88. The van der Waals surface area contributed by atoms with Crippen molar-refractivity contribution in [2.45, 2.75) is 45.3 Å². The summed E-state index contributed by atoms with van der Waals surface area (Å²) < 4.78 is 40.5. The Kier molecular flexibility index (Phi) is 7.38. The highest BCUT2D eigenvalue weighted by Gasteiger charge is 2.28. The molecule has 0 aliphatic rings. The minimum atomic E-state index is -4.55. The van der Waals surface area contributed by atoms with Gasteiger partial charge in [0, 0.05) is 5.56 Å². The molecule has 0 heterocycles. The predicted molar refractivity (Wildman–Crippen MR) is 92.1 cm³/mol. The van der Waals surface area contributed by atoms with E-state index >= 15 is 0 Å². The van der Waals surface area contributed by atoms with Gasteiger partial charge in [-0.2, -0.15) is 13.2 Å². The Morgan fingerprint density at radius 2 is 1.63 bits per heavy atom. The van der Waals surface area contributed by atoms with Crippen LogP contribution in [-0.2, 0) is 19.7 Å². The number of carbonyl (C=O) groups is 3. The normalized spacial score (nSPS) is 12.9. The van der Waals surface area contributed by atoms with Crippen LogP contribution in [0.5, 0.6) is 0 Å². The van der Waals surface area contributed by atoms with Crippen LogP contribution >= 0.6 is 0 Å². The average molecular weight is 388 g/mol. The van der Waals surface area contributed by atoms with Gasteiger partial charge in [0.25, 0.3) is 11.8 Å². The number of esters is 1. The third-order valence-corrected chi connectivity index (χ3v) is 3.55. The second-order valence-corrected chi connectivity index (χ2v) is 7.02. The molecule has 0 aliphatic heterocycles. The highest BCUT2D eigenvalue weighted by molar-refractivity contribution is 5.96. The highest BCUT2D eigenvalue weighted by Crippen LogP contribution is 2.22. The molecular weight excluding hydrogens is 365 g/mol. The van der Waals surface area contributed by atoms with Gasteiger partial charge in [0.1, 0.15) is 12.6 Å². The standard InChI is InChI=1S/C18H23F3N2O4/c1-11(16(26)27-9-14(24)22-10-18(19,20)21)23-15(25)12-5-7-13(8-6-12)17(2,3)4/h5-8,11H,9-10H2,1-4H3,(H,22,24)(H,23,25)/t11-/m0/s1. The lowest BCUT2D eigenvalue weighted by atomic mass is 9.86. The summed E-state index contributed by atoms with van der Waals surface area (Å²) in [5.74, 6) is -2.53. The monoisotopic (exact) mass is 388 g/mol. The molecule has 9 heteroatoms. The number of nitrogens with one attached hydrogen (secondary N) is 2. The SMILES string of the molecule is C[C@H](NC(=O)c1ccc(C(C)(C)C)cc1)C(=O)OCC(=O)NCC(F)(F)F. The van der Waals surface area contributed by atoms with Gasteiger partial charge in [-0.3, -0.25) is 9.59 Å². The topological polar surface area (TPSA) is 84.5 Å². The Morgan fingerprint density at radius 3 is 2.11 bits per heavy atom. The summed E-state index contributed by atoms with van der Waals surface area (Å²) >= 11 is 0. The summed E-state index contributed by atoms with van der Waals surface area (Å²) in [7, 11) is 0. The summed E-state index contributed by atoms with van der Waals surface area (Å²) in [4.78, 5) is 35.1. The third kappa shape index (κ3) is 8.10. The molecule has 150 valence electrons. The summed E-state index contributed by atoms with van der Waals surface area (Å²) in [5, 5.41) is 3.98. The molecule has 1 atom stereocenters. The van der Waals surface area contributed by atoms with Crippen LogP contribution in [-0.4, -0.2) is 43.2 Å². The molecule has 0 spiro atoms. The maximum Gasteiger partial charge on any atom is 0.405 e. The zero-order valence-electron chi connectivity index (χ0n) is 15.6. The first kappa shape index (κ1) is 22.5. The number of carbonyl (C=O) groups excluding carboxylic acids is 3. The first-order chi connectivity index (χ1) is 12.3. The van der Waals surface area contributed by atoms with Crippen molar-refractivity contribution >= 4 is 17.8 Å². The van der Waals surface area contributed by atoms with Crippen molar-refractivity contribution in [3.8, 4) is 0 Å². The summed E-state index contributed by atoms with van der Waals surface area (Å²) in [6.07, 6.45) is -4.55. The van der Waals surface area contributed by atoms with Gasteiger partial charge in [-0.15, -0.1) is 0 Å². The van der Waals surface area contributed by atoms with E-state index in [1.54, 1.807) is 17.4 Å². The maximum absolute atomic E-state index is 12.1. The fourth-order valence-corrected chi connectivity index (χ4v) is 1.97. The van der Waals surface area contributed by atoms with Crippen molar-refractivity contribution in [1.82, 2.24) is 10.6 Å². The van der Waals surface area contributed by atoms with Gasteiger partial charge in [0.2, 0.25) is 0 Å². The van der Waals surface area contributed by atoms with Gasteiger partial charge in [0.05, 0.1) is 0 Å². The van der Waals surface area contributed by atoms with E-state index in [1.165, 1.54) is 6.92 Å². The zero-order valence-corrected chi connectivity index (χ0v) is 15.6. The first-order valence-electron chi connectivity index (χ1n) is 8.21. The fourth-order valence-electron chi connectivity index (χ4n) is 1.97. The van der Waals surface area contributed by atoms with Gasteiger partial charge in [-0.25, -0.2) is 4.79 Å². The molecule has 1 aromatic rings. The second-order valence-electron chi connectivity index (χ2n) is 7.02. The van der Waals surface area contributed by atoms with Crippen LogP contribution in [0.1, 0.15) is 43.6 Å². The molecule has 0 saturated heterocycles. The molecule has 0 fully saturated rings. The van der Waals surface area contributed by atoms with Crippen LogP contribution in [0.3, 0.4) is 0 Å². The smallest absolute Gasteiger partial charge is 0.405 e. The quantitative estimate of drug-likeness (QED) is 0.733. The van der Waals surface area contributed by atoms with Crippen molar-refractivity contribution in [2.75, 3.05) is 13.2 Å². The van der Waals surface area contributed by atoms with E-state index < -0.39 is 43.2 Å². The lowest BCUT2D eigenvalue weighted by Gasteiger charge is -2.19. The Labute approximate surface area is 155 Å². The van der Waals surface area contributed by atoms with Crippen molar-refractivity contribution in [3.05, 3.63) is 35.4 Å². The Morgan fingerprint density at radius 1 is 1.07 bits per heavy atom. The predicted octanol–water partition coefficient (Wildman–Crippen LogP) is 2.32. The number of alkyl halides is 3. The van der Waals surface area contributed by atoms with Gasteiger partial charge < -0.3 is 15.4 Å². The summed E-state index contributed by atoms with van der Waals surface area (Å²) in [6, 6.07) is 5.79. The van der Waals surface area contributed by atoms with Crippen LogP contribution < -0.4 is 10.6 Å².